The van der Waals surface area contributed by atoms with Crippen molar-refractivity contribution in [2.45, 2.75) is 28.8 Å². The Balaban J connectivity index is 1.68. The Morgan fingerprint density at radius 2 is 1.69 bits per heavy atom. The normalized spacial score (nSPS) is 12.4. The lowest BCUT2D eigenvalue weighted by atomic mass is 10.2. The van der Waals surface area contributed by atoms with Crippen LogP contribution in [-0.4, -0.2) is 28.1 Å². The van der Waals surface area contributed by atoms with Crippen LogP contribution in [0.1, 0.15) is 24.4 Å². The first-order chi connectivity index (χ1) is 16.7. The molecule has 4 rings (SSSR count). The minimum absolute atomic E-state index is 0.0769. The van der Waals surface area contributed by atoms with Gasteiger partial charge in [-0.05, 0) is 48.9 Å². The molecule has 3 aromatic carbocycles. The third kappa shape index (κ3) is 5.73. The van der Waals surface area contributed by atoms with Crippen molar-refractivity contribution in [3.63, 3.8) is 0 Å². The van der Waals surface area contributed by atoms with Crippen LogP contribution < -0.4 is 4.72 Å². The highest BCUT2D eigenvalue weighted by atomic mass is 32.2. The summed E-state index contributed by atoms with van der Waals surface area (Å²) >= 11 is 1.40. The smallest absolute Gasteiger partial charge is 0.269 e. The maximum Gasteiger partial charge on any atom is 0.269 e. The van der Waals surface area contributed by atoms with Gasteiger partial charge in [0.1, 0.15) is 5.82 Å². The van der Waals surface area contributed by atoms with Gasteiger partial charge in [-0.25, -0.2) is 17.5 Å². The molecule has 0 fully saturated rings. The zero-order valence-electron chi connectivity index (χ0n) is 18.4. The summed E-state index contributed by atoms with van der Waals surface area (Å²) in [4.78, 5) is 10.5. The number of aromatic nitrogens is 3. The summed E-state index contributed by atoms with van der Waals surface area (Å²) < 4.78 is 43.1. The van der Waals surface area contributed by atoms with Crippen LogP contribution in [0.15, 0.2) is 88.9 Å². The Bertz CT molecular complexity index is 1430. The number of non-ortho nitro benzene ring substituents is 1. The van der Waals surface area contributed by atoms with E-state index >= 15 is 0 Å². The molecular weight excluding hydrogens is 493 g/mol. The lowest BCUT2D eigenvalue weighted by Gasteiger charge is -2.16. The molecule has 0 saturated heterocycles. The second-order valence-corrected chi connectivity index (χ2v) is 10.2. The molecule has 0 aliphatic heterocycles. The first-order valence-electron chi connectivity index (χ1n) is 10.4. The zero-order chi connectivity index (χ0) is 25.0. The number of nitro groups is 1. The van der Waals surface area contributed by atoms with E-state index in [9.17, 15) is 22.9 Å². The number of benzene rings is 3. The second kappa shape index (κ2) is 10.3. The van der Waals surface area contributed by atoms with Crippen LogP contribution in [0.2, 0.25) is 0 Å². The Morgan fingerprint density at radius 1 is 1.03 bits per heavy atom. The topological polar surface area (TPSA) is 120 Å². The first kappa shape index (κ1) is 24.5. The van der Waals surface area contributed by atoms with Gasteiger partial charge in [-0.3, -0.25) is 14.7 Å². The zero-order valence-corrected chi connectivity index (χ0v) is 20.0. The van der Waals surface area contributed by atoms with Gasteiger partial charge in [-0.15, -0.1) is 10.2 Å². The maximum absolute atomic E-state index is 13.2. The molecule has 0 spiro atoms. The molecule has 0 amide bonds. The fraction of sp³-hybridized carbons (Fsp3) is 0.130. The standard InChI is InChI=1S/C23H20FN5O4S2/c1-16(27-35(32,33)21-13-7-18(24)8-14-21)22-25-26-23(34-15-17-5-3-2-4-6-17)28(22)19-9-11-20(12-10-19)29(30)31/h2-14,16,27H,15H2,1H3. The van der Waals surface area contributed by atoms with E-state index in [0.29, 0.717) is 22.4 Å². The number of thioether (sulfide) groups is 1. The predicted octanol–water partition coefficient (Wildman–Crippen LogP) is 4.65. The molecule has 35 heavy (non-hydrogen) atoms. The molecule has 1 N–H and O–H groups in total. The van der Waals surface area contributed by atoms with E-state index in [2.05, 4.69) is 14.9 Å². The molecule has 4 aromatic rings. The molecule has 12 heteroatoms. The summed E-state index contributed by atoms with van der Waals surface area (Å²) in [6, 6.07) is 19.2. The van der Waals surface area contributed by atoms with Crippen molar-refractivity contribution in [3.05, 3.63) is 106 Å². The molecule has 0 aliphatic carbocycles. The lowest BCUT2D eigenvalue weighted by molar-refractivity contribution is -0.384. The summed E-state index contributed by atoms with van der Waals surface area (Å²) in [5, 5.41) is 20.1. The Kier molecular flexibility index (Phi) is 7.24. The molecule has 9 nitrogen and oxygen atoms in total. The number of hydrogen-bond acceptors (Lipinski definition) is 7. The summed E-state index contributed by atoms with van der Waals surface area (Å²) in [5.74, 6) is 0.330. The molecule has 0 radical (unpaired) electrons. The SMILES string of the molecule is CC(NS(=O)(=O)c1ccc(F)cc1)c1nnc(SCc2ccccc2)n1-c1ccc([N+](=O)[O-])cc1. The summed E-state index contributed by atoms with van der Waals surface area (Å²) in [6.45, 7) is 1.61. The van der Waals surface area contributed by atoms with E-state index in [1.807, 2.05) is 30.3 Å². The maximum atomic E-state index is 13.2. The molecule has 1 unspecified atom stereocenters. The van der Waals surface area contributed by atoms with Crippen LogP contribution in [0, 0.1) is 15.9 Å². The van der Waals surface area contributed by atoms with Gasteiger partial charge in [-0.1, -0.05) is 42.1 Å². The van der Waals surface area contributed by atoms with Crippen molar-refractivity contribution < 1.29 is 17.7 Å². The average Bonchev–Trinajstić information content (AvgIpc) is 3.27. The average molecular weight is 514 g/mol. The Hall–Kier alpha value is -3.61. The molecule has 1 aromatic heterocycles. The molecular formula is C23H20FN5O4S2. The van der Waals surface area contributed by atoms with Crippen LogP contribution in [0.25, 0.3) is 5.69 Å². The summed E-state index contributed by atoms with van der Waals surface area (Å²) in [7, 11) is -3.98. The predicted molar refractivity (Wildman–Crippen MR) is 129 cm³/mol. The van der Waals surface area contributed by atoms with E-state index in [0.717, 1.165) is 17.7 Å². The number of hydrogen-bond donors (Lipinski definition) is 1. The third-order valence-electron chi connectivity index (χ3n) is 5.03. The van der Waals surface area contributed by atoms with Crippen LogP contribution in [0.3, 0.4) is 0 Å². The van der Waals surface area contributed by atoms with Gasteiger partial charge in [0, 0.05) is 23.6 Å². The second-order valence-electron chi connectivity index (χ2n) is 7.52. The molecule has 1 atom stereocenters. The van der Waals surface area contributed by atoms with Gasteiger partial charge in [-0.2, -0.15) is 0 Å². The van der Waals surface area contributed by atoms with Crippen molar-refractivity contribution in [2.75, 3.05) is 0 Å². The number of rotatable bonds is 9. The van der Waals surface area contributed by atoms with Gasteiger partial charge in [0.15, 0.2) is 11.0 Å². The fourth-order valence-electron chi connectivity index (χ4n) is 3.31. The van der Waals surface area contributed by atoms with Crippen LogP contribution in [0.4, 0.5) is 10.1 Å². The first-order valence-corrected chi connectivity index (χ1v) is 12.9. The van der Waals surface area contributed by atoms with E-state index in [1.54, 1.807) is 23.6 Å². The largest absolute Gasteiger partial charge is 0.273 e. The number of sulfonamides is 1. The van der Waals surface area contributed by atoms with Gasteiger partial charge >= 0.3 is 0 Å². The molecule has 0 saturated carbocycles. The Labute approximate surface area is 205 Å². The van der Waals surface area contributed by atoms with Crippen molar-refractivity contribution in [2.24, 2.45) is 0 Å². The van der Waals surface area contributed by atoms with Crippen LogP contribution in [-0.2, 0) is 15.8 Å². The van der Waals surface area contributed by atoms with E-state index < -0.39 is 26.8 Å². The van der Waals surface area contributed by atoms with E-state index in [-0.39, 0.29) is 10.6 Å². The Morgan fingerprint density at radius 3 is 2.31 bits per heavy atom. The number of nitro benzene ring substituents is 1. The molecule has 0 aliphatic rings. The van der Waals surface area contributed by atoms with Gasteiger partial charge in [0.2, 0.25) is 10.0 Å². The minimum Gasteiger partial charge on any atom is -0.273 e. The third-order valence-corrected chi connectivity index (χ3v) is 7.59. The minimum atomic E-state index is -3.98. The van der Waals surface area contributed by atoms with Crippen molar-refractivity contribution in [1.82, 2.24) is 19.5 Å². The monoisotopic (exact) mass is 513 g/mol. The number of nitrogens with one attached hydrogen (secondary N) is 1. The summed E-state index contributed by atoms with van der Waals surface area (Å²) in [5.41, 5.74) is 1.52. The van der Waals surface area contributed by atoms with Crippen molar-refractivity contribution >= 4 is 27.5 Å². The lowest BCUT2D eigenvalue weighted by Crippen LogP contribution is -2.28. The number of nitrogens with zero attached hydrogens (tertiary/aromatic N) is 4. The highest BCUT2D eigenvalue weighted by molar-refractivity contribution is 7.98. The summed E-state index contributed by atoms with van der Waals surface area (Å²) in [6.07, 6.45) is 0. The fourth-order valence-corrected chi connectivity index (χ4v) is 5.43. The molecule has 1 heterocycles. The molecule has 0 bridgehead atoms. The van der Waals surface area contributed by atoms with Crippen LogP contribution in [0.5, 0.6) is 0 Å². The van der Waals surface area contributed by atoms with Crippen molar-refractivity contribution in [3.8, 4) is 5.69 Å². The molecule has 180 valence electrons. The van der Waals surface area contributed by atoms with Crippen LogP contribution >= 0.6 is 11.8 Å². The van der Waals surface area contributed by atoms with Crippen molar-refractivity contribution in [1.29, 1.82) is 0 Å². The van der Waals surface area contributed by atoms with Gasteiger partial charge in [0.25, 0.3) is 5.69 Å². The van der Waals surface area contributed by atoms with E-state index in [4.69, 9.17) is 0 Å². The highest BCUT2D eigenvalue weighted by Crippen LogP contribution is 2.29. The quantitative estimate of drug-likeness (QED) is 0.197. The van der Waals surface area contributed by atoms with Gasteiger partial charge in [0.05, 0.1) is 15.9 Å². The highest BCUT2D eigenvalue weighted by Gasteiger charge is 2.25. The van der Waals surface area contributed by atoms with E-state index in [1.165, 1.54) is 36.0 Å². The van der Waals surface area contributed by atoms with Gasteiger partial charge < -0.3 is 0 Å². The number of halogens is 1.